The van der Waals surface area contributed by atoms with Gasteiger partial charge in [-0.2, -0.15) is 0 Å². The zero-order chi connectivity index (χ0) is 19.2. The number of aryl methyl sites for hydroxylation is 2. The summed E-state index contributed by atoms with van der Waals surface area (Å²) in [4.78, 5) is 24.1. The molecule has 0 aliphatic heterocycles. The number of hydrogen-bond donors (Lipinski definition) is 1. The lowest BCUT2D eigenvalue weighted by Crippen LogP contribution is -2.35. The molecule has 0 unspecified atom stereocenters. The highest BCUT2D eigenvalue weighted by atomic mass is 32.1. The van der Waals surface area contributed by atoms with E-state index in [2.05, 4.69) is 9.97 Å². The van der Waals surface area contributed by atoms with Crippen LogP contribution in [0.2, 0.25) is 0 Å². The molecule has 140 valence electrons. The molecule has 1 N–H and O–H groups in total. The average molecular weight is 382 g/mol. The van der Waals surface area contributed by atoms with Crippen LogP contribution in [0.25, 0.3) is 0 Å². The molecule has 0 saturated heterocycles. The van der Waals surface area contributed by atoms with Gasteiger partial charge >= 0.3 is 0 Å². The summed E-state index contributed by atoms with van der Waals surface area (Å²) in [5.41, 5.74) is 2.68. The van der Waals surface area contributed by atoms with Crippen LogP contribution in [0.1, 0.15) is 32.8 Å². The fourth-order valence-corrected chi connectivity index (χ4v) is 3.87. The Bertz CT molecular complexity index is 881. The van der Waals surface area contributed by atoms with E-state index < -0.39 is 6.10 Å². The Morgan fingerprint density at radius 2 is 1.85 bits per heavy atom. The quantitative estimate of drug-likeness (QED) is 0.681. The third-order valence-corrected chi connectivity index (χ3v) is 5.44. The molecule has 3 aromatic rings. The molecular weight excluding hydrogens is 358 g/mol. The standard InChI is InChI=1S/C21H23N3O2S/c1-15-20(27-16(2)23-15)12-21(26)24(13-17-8-10-22-11-9-17)14-19(25)18-6-4-3-5-7-18/h3-11,19,25H,12-14H2,1-2H3/t19-/m0/s1. The van der Waals surface area contributed by atoms with Crippen molar-refractivity contribution in [2.45, 2.75) is 32.9 Å². The molecule has 0 radical (unpaired) electrons. The summed E-state index contributed by atoms with van der Waals surface area (Å²) in [7, 11) is 0. The maximum absolute atomic E-state index is 13.0. The second-order valence-corrected chi connectivity index (χ2v) is 7.76. The largest absolute Gasteiger partial charge is 0.387 e. The number of carbonyl (C=O) groups excluding carboxylic acids is 1. The number of aromatic nitrogens is 2. The highest BCUT2D eigenvalue weighted by Gasteiger charge is 2.21. The van der Waals surface area contributed by atoms with Crippen molar-refractivity contribution in [2.75, 3.05) is 6.54 Å². The lowest BCUT2D eigenvalue weighted by Gasteiger charge is -2.26. The number of nitrogens with zero attached hydrogens (tertiary/aromatic N) is 3. The number of hydrogen-bond acceptors (Lipinski definition) is 5. The van der Waals surface area contributed by atoms with E-state index in [4.69, 9.17) is 0 Å². The molecule has 2 aromatic heterocycles. The lowest BCUT2D eigenvalue weighted by molar-refractivity contribution is -0.132. The molecule has 27 heavy (non-hydrogen) atoms. The summed E-state index contributed by atoms with van der Waals surface area (Å²) < 4.78 is 0. The zero-order valence-electron chi connectivity index (χ0n) is 15.5. The van der Waals surface area contributed by atoms with Gasteiger partial charge < -0.3 is 10.0 Å². The highest BCUT2D eigenvalue weighted by molar-refractivity contribution is 7.11. The van der Waals surface area contributed by atoms with E-state index >= 15 is 0 Å². The van der Waals surface area contributed by atoms with Crippen LogP contribution in [0.15, 0.2) is 54.9 Å². The fraction of sp³-hybridized carbons (Fsp3) is 0.286. The number of aliphatic hydroxyl groups excluding tert-OH is 1. The van der Waals surface area contributed by atoms with Crippen molar-refractivity contribution in [2.24, 2.45) is 0 Å². The zero-order valence-corrected chi connectivity index (χ0v) is 16.3. The maximum Gasteiger partial charge on any atom is 0.228 e. The first-order valence-electron chi connectivity index (χ1n) is 8.85. The number of carbonyl (C=O) groups is 1. The Labute approximate surface area is 163 Å². The minimum Gasteiger partial charge on any atom is -0.387 e. The molecule has 0 aliphatic rings. The van der Waals surface area contributed by atoms with E-state index in [0.29, 0.717) is 13.0 Å². The predicted molar refractivity (Wildman–Crippen MR) is 106 cm³/mol. The first kappa shape index (κ1) is 19.2. The van der Waals surface area contributed by atoms with Crippen molar-refractivity contribution in [1.82, 2.24) is 14.9 Å². The van der Waals surface area contributed by atoms with Crippen molar-refractivity contribution in [1.29, 1.82) is 0 Å². The second-order valence-electron chi connectivity index (χ2n) is 6.47. The third-order valence-electron chi connectivity index (χ3n) is 4.36. The summed E-state index contributed by atoms with van der Waals surface area (Å²) in [6.07, 6.45) is 2.98. The van der Waals surface area contributed by atoms with Gasteiger partial charge in [0.05, 0.1) is 29.8 Å². The van der Waals surface area contributed by atoms with Crippen molar-refractivity contribution in [3.05, 3.63) is 81.6 Å². The molecule has 0 bridgehead atoms. The van der Waals surface area contributed by atoms with E-state index in [0.717, 1.165) is 26.7 Å². The summed E-state index contributed by atoms with van der Waals surface area (Å²) in [6, 6.07) is 13.2. The number of thiazole rings is 1. The number of rotatable bonds is 7. The molecule has 0 spiro atoms. The van der Waals surface area contributed by atoms with Gasteiger partial charge in [0.2, 0.25) is 5.91 Å². The molecule has 6 heteroatoms. The van der Waals surface area contributed by atoms with Crippen LogP contribution < -0.4 is 0 Å². The molecule has 3 rings (SSSR count). The first-order valence-corrected chi connectivity index (χ1v) is 9.67. The Kier molecular flexibility index (Phi) is 6.32. The lowest BCUT2D eigenvalue weighted by atomic mass is 10.1. The second kappa shape index (κ2) is 8.88. The van der Waals surface area contributed by atoms with Gasteiger partial charge in [0.1, 0.15) is 0 Å². The van der Waals surface area contributed by atoms with E-state index in [-0.39, 0.29) is 12.5 Å². The number of amides is 1. The predicted octanol–water partition coefficient (Wildman–Crippen LogP) is 3.46. The highest BCUT2D eigenvalue weighted by Crippen LogP contribution is 2.21. The minimum absolute atomic E-state index is 0.0199. The Morgan fingerprint density at radius 1 is 1.15 bits per heavy atom. The normalized spacial score (nSPS) is 12.0. The van der Waals surface area contributed by atoms with E-state index in [1.165, 1.54) is 0 Å². The van der Waals surface area contributed by atoms with Gasteiger partial charge in [-0.05, 0) is 37.1 Å². The Balaban J connectivity index is 1.78. The van der Waals surface area contributed by atoms with Crippen LogP contribution in [0.3, 0.4) is 0 Å². The summed E-state index contributed by atoms with van der Waals surface area (Å²) >= 11 is 1.55. The van der Waals surface area contributed by atoms with Gasteiger partial charge in [-0.3, -0.25) is 9.78 Å². The SMILES string of the molecule is Cc1nc(C)c(CC(=O)N(Cc2ccncc2)C[C@H](O)c2ccccc2)s1. The van der Waals surface area contributed by atoms with E-state index in [1.54, 1.807) is 28.6 Å². The molecular formula is C21H23N3O2S. The van der Waals surface area contributed by atoms with Gasteiger partial charge in [0.25, 0.3) is 0 Å². The van der Waals surface area contributed by atoms with Crippen molar-refractivity contribution in [3.8, 4) is 0 Å². The summed E-state index contributed by atoms with van der Waals surface area (Å²) in [5.74, 6) is -0.0199. The average Bonchev–Trinajstić information content (AvgIpc) is 2.99. The van der Waals surface area contributed by atoms with Crippen molar-refractivity contribution >= 4 is 17.2 Å². The van der Waals surface area contributed by atoms with E-state index in [1.807, 2.05) is 56.3 Å². The van der Waals surface area contributed by atoms with Crippen LogP contribution in [0.4, 0.5) is 0 Å². The van der Waals surface area contributed by atoms with Gasteiger partial charge in [-0.1, -0.05) is 30.3 Å². The molecule has 0 fully saturated rings. The first-order chi connectivity index (χ1) is 13.0. The number of benzene rings is 1. The molecule has 0 saturated carbocycles. The Hall–Kier alpha value is -2.57. The van der Waals surface area contributed by atoms with Gasteiger partial charge in [-0.25, -0.2) is 4.98 Å². The third kappa shape index (κ3) is 5.21. The maximum atomic E-state index is 13.0. The minimum atomic E-state index is -0.735. The summed E-state index contributed by atoms with van der Waals surface area (Å²) in [5, 5.41) is 11.6. The van der Waals surface area contributed by atoms with Crippen LogP contribution >= 0.6 is 11.3 Å². The fourth-order valence-electron chi connectivity index (χ4n) is 2.94. The number of aliphatic hydroxyl groups is 1. The molecule has 5 nitrogen and oxygen atoms in total. The number of pyridine rings is 1. The smallest absolute Gasteiger partial charge is 0.228 e. The molecule has 1 aromatic carbocycles. The molecule has 0 aliphatic carbocycles. The molecule has 1 amide bonds. The van der Waals surface area contributed by atoms with Crippen molar-refractivity contribution in [3.63, 3.8) is 0 Å². The van der Waals surface area contributed by atoms with E-state index in [9.17, 15) is 9.90 Å². The van der Waals surface area contributed by atoms with Crippen molar-refractivity contribution < 1.29 is 9.90 Å². The molecule has 2 heterocycles. The van der Waals surface area contributed by atoms with Gasteiger partial charge in [-0.15, -0.1) is 11.3 Å². The molecule has 1 atom stereocenters. The van der Waals surface area contributed by atoms with Gasteiger partial charge in [0.15, 0.2) is 0 Å². The Morgan fingerprint density at radius 3 is 2.48 bits per heavy atom. The van der Waals surface area contributed by atoms with Crippen LogP contribution in [-0.4, -0.2) is 32.4 Å². The monoisotopic (exact) mass is 381 g/mol. The topological polar surface area (TPSA) is 66.3 Å². The van der Waals surface area contributed by atoms with Crippen LogP contribution in [-0.2, 0) is 17.8 Å². The van der Waals surface area contributed by atoms with Crippen LogP contribution in [0.5, 0.6) is 0 Å². The van der Waals surface area contributed by atoms with Gasteiger partial charge in [0, 0.05) is 23.8 Å². The van der Waals surface area contributed by atoms with Crippen LogP contribution in [0, 0.1) is 13.8 Å². The summed E-state index contributed by atoms with van der Waals surface area (Å²) in [6.45, 7) is 4.54.